The van der Waals surface area contributed by atoms with Crippen LogP contribution >= 0.6 is 0 Å². The van der Waals surface area contributed by atoms with Crippen molar-refractivity contribution in [2.45, 2.75) is 20.4 Å². The molecule has 0 aliphatic heterocycles. The minimum Gasteiger partial charge on any atom is -0.422 e. The normalized spacial score (nSPS) is 10.5. The van der Waals surface area contributed by atoms with Gasteiger partial charge >= 0.3 is 6.01 Å². The van der Waals surface area contributed by atoms with E-state index in [1.165, 1.54) is 0 Å². The smallest absolute Gasteiger partial charge is 0.322 e. The molecule has 2 heterocycles. The average Bonchev–Trinajstić information content (AvgIpc) is 2.56. The minimum absolute atomic E-state index is 0.351. The van der Waals surface area contributed by atoms with Gasteiger partial charge in [-0.3, -0.25) is 4.98 Å². The van der Waals surface area contributed by atoms with E-state index in [9.17, 15) is 0 Å². The molecule has 3 rings (SSSR count). The van der Waals surface area contributed by atoms with Gasteiger partial charge in [0.1, 0.15) is 5.69 Å². The van der Waals surface area contributed by atoms with Gasteiger partial charge in [-0.2, -0.15) is 0 Å². The fourth-order valence-electron chi connectivity index (χ4n) is 2.47. The molecule has 0 bridgehead atoms. The average molecular weight is 320 g/mol. The molecule has 24 heavy (non-hydrogen) atoms. The molecule has 0 spiro atoms. The molecule has 0 atom stereocenters. The highest BCUT2D eigenvalue weighted by molar-refractivity contribution is 5.46. The molecule has 2 aromatic heterocycles. The van der Waals surface area contributed by atoms with Gasteiger partial charge in [-0.25, -0.2) is 9.97 Å². The summed E-state index contributed by atoms with van der Waals surface area (Å²) in [5, 5.41) is 0. The molecule has 0 saturated heterocycles. The van der Waals surface area contributed by atoms with E-state index in [1.807, 2.05) is 57.3 Å². The number of pyridine rings is 1. The second kappa shape index (κ2) is 7.08. The van der Waals surface area contributed by atoms with Crippen molar-refractivity contribution >= 4 is 5.69 Å². The summed E-state index contributed by atoms with van der Waals surface area (Å²) >= 11 is 0. The van der Waals surface area contributed by atoms with Crippen LogP contribution in [0.5, 0.6) is 11.8 Å². The Hall–Kier alpha value is -2.95. The Kier molecular flexibility index (Phi) is 4.70. The SMILES string of the molecule is Cc1cc(C)nc(Oc2cccnc2CN(C)c2ccccc2)n1. The fourth-order valence-corrected chi connectivity index (χ4v) is 2.47. The van der Waals surface area contributed by atoms with E-state index < -0.39 is 0 Å². The molecule has 0 unspecified atom stereocenters. The van der Waals surface area contributed by atoms with Gasteiger partial charge in [-0.15, -0.1) is 0 Å². The zero-order valence-electron chi connectivity index (χ0n) is 14.1. The van der Waals surface area contributed by atoms with E-state index in [1.54, 1.807) is 6.20 Å². The van der Waals surface area contributed by atoms with Gasteiger partial charge in [0.15, 0.2) is 5.75 Å². The van der Waals surface area contributed by atoms with Crippen molar-refractivity contribution < 1.29 is 4.74 Å². The Morgan fingerprint density at radius 3 is 2.38 bits per heavy atom. The van der Waals surface area contributed by atoms with Gasteiger partial charge in [0.2, 0.25) is 0 Å². The van der Waals surface area contributed by atoms with Crippen molar-refractivity contribution in [2.24, 2.45) is 0 Å². The summed E-state index contributed by atoms with van der Waals surface area (Å²) < 4.78 is 5.90. The highest BCUT2D eigenvalue weighted by atomic mass is 16.5. The first-order valence-electron chi connectivity index (χ1n) is 7.82. The van der Waals surface area contributed by atoms with Crippen LogP contribution in [-0.4, -0.2) is 22.0 Å². The number of benzene rings is 1. The van der Waals surface area contributed by atoms with Crippen LogP contribution in [0.25, 0.3) is 0 Å². The van der Waals surface area contributed by atoms with Crippen LogP contribution in [0.2, 0.25) is 0 Å². The lowest BCUT2D eigenvalue weighted by Gasteiger charge is -2.20. The standard InChI is InChI=1S/C19H20N4O/c1-14-12-15(2)22-19(21-14)24-18-10-7-11-20-17(18)13-23(3)16-8-5-4-6-9-16/h4-12H,13H2,1-3H3. The van der Waals surface area contributed by atoms with Crippen molar-refractivity contribution in [3.8, 4) is 11.8 Å². The largest absolute Gasteiger partial charge is 0.422 e. The number of hydrogen-bond acceptors (Lipinski definition) is 5. The number of aromatic nitrogens is 3. The fraction of sp³-hybridized carbons (Fsp3) is 0.211. The lowest BCUT2D eigenvalue weighted by molar-refractivity contribution is 0.430. The van der Waals surface area contributed by atoms with E-state index in [4.69, 9.17) is 4.74 Å². The van der Waals surface area contributed by atoms with Gasteiger partial charge in [-0.1, -0.05) is 18.2 Å². The molecule has 3 aromatic rings. The van der Waals surface area contributed by atoms with Crippen molar-refractivity contribution in [3.63, 3.8) is 0 Å². The maximum atomic E-state index is 5.90. The summed E-state index contributed by atoms with van der Waals surface area (Å²) in [5.74, 6) is 0.672. The third-order valence-electron chi connectivity index (χ3n) is 3.60. The Morgan fingerprint density at radius 1 is 0.958 bits per heavy atom. The van der Waals surface area contributed by atoms with Crippen LogP contribution < -0.4 is 9.64 Å². The van der Waals surface area contributed by atoms with Crippen molar-refractivity contribution in [2.75, 3.05) is 11.9 Å². The van der Waals surface area contributed by atoms with Crippen LogP contribution in [0.1, 0.15) is 17.1 Å². The Morgan fingerprint density at radius 2 is 1.67 bits per heavy atom. The molecule has 0 amide bonds. The number of aryl methyl sites for hydroxylation is 2. The number of ether oxygens (including phenoxy) is 1. The number of para-hydroxylation sites is 1. The maximum absolute atomic E-state index is 5.90. The maximum Gasteiger partial charge on any atom is 0.322 e. The summed E-state index contributed by atoms with van der Waals surface area (Å²) in [6.45, 7) is 4.48. The van der Waals surface area contributed by atoms with E-state index in [-0.39, 0.29) is 0 Å². The van der Waals surface area contributed by atoms with Crippen LogP contribution in [0.15, 0.2) is 54.7 Å². The summed E-state index contributed by atoms with van der Waals surface area (Å²) in [7, 11) is 2.03. The molecule has 122 valence electrons. The highest BCUT2D eigenvalue weighted by Crippen LogP contribution is 2.24. The van der Waals surface area contributed by atoms with E-state index in [0.29, 0.717) is 18.3 Å². The molecule has 1 aromatic carbocycles. The Bertz CT molecular complexity index is 800. The summed E-state index contributed by atoms with van der Waals surface area (Å²) in [5.41, 5.74) is 3.72. The lowest BCUT2D eigenvalue weighted by atomic mass is 10.2. The molecule has 0 radical (unpaired) electrons. The first-order valence-corrected chi connectivity index (χ1v) is 7.82. The number of rotatable bonds is 5. The number of nitrogens with zero attached hydrogens (tertiary/aromatic N) is 4. The van der Waals surface area contributed by atoms with Gasteiger partial charge in [0.05, 0.1) is 6.54 Å². The van der Waals surface area contributed by atoms with E-state index in [0.717, 1.165) is 22.8 Å². The van der Waals surface area contributed by atoms with Crippen molar-refractivity contribution in [1.29, 1.82) is 0 Å². The van der Waals surface area contributed by atoms with Gasteiger partial charge in [0.25, 0.3) is 0 Å². The lowest BCUT2D eigenvalue weighted by Crippen LogP contribution is -2.17. The Balaban J connectivity index is 1.83. The first-order chi connectivity index (χ1) is 11.6. The van der Waals surface area contributed by atoms with Crippen LogP contribution in [0, 0.1) is 13.8 Å². The molecule has 5 heteroatoms. The molecule has 5 nitrogen and oxygen atoms in total. The predicted molar refractivity (Wildman–Crippen MR) is 94.4 cm³/mol. The van der Waals surface area contributed by atoms with Gasteiger partial charge < -0.3 is 9.64 Å². The van der Waals surface area contributed by atoms with Gasteiger partial charge in [0, 0.05) is 30.3 Å². The molecule has 0 aliphatic carbocycles. The quantitative estimate of drug-likeness (QED) is 0.713. The molecular weight excluding hydrogens is 300 g/mol. The highest BCUT2D eigenvalue weighted by Gasteiger charge is 2.11. The molecular formula is C19H20N4O. The topological polar surface area (TPSA) is 51.1 Å². The van der Waals surface area contributed by atoms with Crippen LogP contribution in [-0.2, 0) is 6.54 Å². The van der Waals surface area contributed by atoms with Crippen LogP contribution in [0.3, 0.4) is 0 Å². The summed E-state index contributed by atoms with van der Waals surface area (Å²) in [4.78, 5) is 15.3. The van der Waals surface area contributed by atoms with Gasteiger partial charge in [-0.05, 0) is 44.2 Å². The second-order valence-corrected chi connectivity index (χ2v) is 5.68. The molecule has 0 fully saturated rings. The number of anilines is 1. The monoisotopic (exact) mass is 320 g/mol. The minimum atomic E-state index is 0.351. The predicted octanol–water partition coefficient (Wildman–Crippen LogP) is 3.92. The molecule has 0 N–H and O–H groups in total. The third-order valence-corrected chi connectivity index (χ3v) is 3.60. The number of hydrogen-bond donors (Lipinski definition) is 0. The zero-order valence-corrected chi connectivity index (χ0v) is 14.1. The van der Waals surface area contributed by atoms with Crippen LogP contribution in [0.4, 0.5) is 5.69 Å². The van der Waals surface area contributed by atoms with E-state index >= 15 is 0 Å². The first kappa shape index (κ1) is 15.9. The van der Waals surface area contributed by atoms with Crippen molar-refractivity contribution in [3.05, 3.63) is 71.8 Å². The zero-order chi connectivity index (χ0) is 16.9. The molecule has 0 aliphatic rings. The Labute approximate surface area is 142 Å². The summed E-state index contributed by atoms with van der Waals surface area (Å²) in [6, 6.07) is 16.2. The second-order valence-electron chi connectivity index (χ2n) is 5.68. The third kappa shape index (κ3) is 3.87. The summed E-state index contributed by atoms with van der Waals surface area (Å²) in [6.07, 6.45) is 1.77. The van der Waals surface area contributed by atoms with E-state index in [2.05, 4.69) is 32.0 Å². The molecule has 0 saturated carbocycles. The van der Waals surface area contributed by atoms with Crippen molar-refractivity contribution in [1.82, 2.24) is 15.0 Å².